The highest BCUT2D eigenvalue weighted by Gasteiger charge is 2.32. The zero-order valence-electron chi connectivity index (χ0n) is 13.3. The van der Waals surface area contributed by atoms with Crippen LogP contribution in [0.5, 0.6) is 5.75 Å². The molecule has 6 heteroatoms. The van der Waals surface area contributed by atoms with Gasteiger partial charge in [-0.15, -0.1) is 0 Å². The van der Waals surface area contributed by atoms with Crippen molar-refractivity contribution in [1.29, 1.82) is 0 Å². The molecule has 0 saturated carbocycles. The van der Waals surface area contributed by atoms with Crippen LogP contribution in [0, 0.1) is 0 Å². The zero-order chi connectivity index (χ0) is 16.1. The quantitative estimate of drug-likeness (QED) is 0.723. The summed E-state index contributed by atoms with van der Waals surface area (Å²) in [5, 5.41) is 0. The van der Waals surface area contributed by atoms with Gasteiger partial charge in [-0.25, -0.2) is 13.1 Å². The minimum atomic E-state index is -3.68. The lowest BCUT2D eigenvalue weighted by Gasteiger charge is -2.31. The highest BCUT2D eigenvalue weighted by molar-refractivity contribution is 7.89. The molecule has 0 spiro atoms. The largest absolute Gasteiger partial charge is 0.492 e. The van der Waals surface area contributed by atoms with E-state index in [9.17, 15) is 8.42 Å². The molecule has 0 heterocycles. The van der Waals surface area contributed by atoms with Gasteiger partial charge in [0.1, 0.15) is 10.6 Å². The van der Waals surface area contributed by atoms with Gasteiger partial charge in [-0.1, -0.05) is 20.8 Å². The molecule has 0 bridgehead atoms. The first kappa shape index (κ1) is 17.8. The molecule has 0 unspecified atom stereocenters. The normalized spacial score (nSPS) is 12.4. The van der Waals surface area contributed by atoms with Crippen molar-refractivity contribution in [2.24, 2.45) is 0 Å². The summed E-state index contributed by atoms with van der Waals surface area (Å²) in [6.07, 6.45) is 2.18. The summed E-state index contributed by atoms with van der Waals surface area (Å²) in [7, 11) is -3.68. The number of hydrogen-bond donors (Lipinski definition) is 2. The fourth-order valence-corrected chi connectivity index (χ4v) is 4.11. The van der Waals surface area contributed by atoms with Crippen molar-refractivity contribution < 1.29 is 13.2 Å². The number of ether oxygens (including phenoxy) is 1. The Morgan fingerprint density at radius 1 is 1.14 bits per heavy atom. The van der Waals surface area contributed by atoms with Gasteiger partial charge in [0, 0.05) is 11.2 Å². The monoisotopic (exact) mass is 314 g/mol. The Hall–Kier alpha value is -1.27. The first-order valence-electron chi connectivity index (χ1n) is 7.40. The van der Waals surface area contributed by atoms with E-state index in [4.69, 9.17) is 10.5 Å². The molecular weight excluding hydrogens is 288 g/mol. The van der Waals surface area contributed by atoms with Crippen LogP contribution in [0.2, 0.25) is 0 Å². The molecule has 21 heavy (non-hydrogen) atoms. The van der Waals surface area contributed by atoms with Crippen molar-refractivity contribution in [2.75, 3.05) is 12.3 Å². The molecule has 0 saturated heterocycles. The summed E-state index contributed by atoms with van der Waals surface area (Å²) in [6, 6.07) is 4.68. The molecule has 0 amide bonds. The van der Waals surface area contributed by atoms with E-state index in [1.165, 1.54) is 6.07 Å². The van der Waals surface area contributed by atoms with Crippen LogP contribution >= 0.6 is 0 Å². The number of rotatable bonds is 8. The van der Waals surface area contributed by atoms with Gasteiger partial charge >= 0.3 is 0 Å². The summed E-state index contributed by atoms with van der Waals surface area (Å²) in [4.78, 5) is 0.101. The molecular formula is C15H26N2O3S. The third-order valence-electron chi connectivity index (χ3n) is 3.94. The van der Waals surface area contributed by atoms with Crippen LogP contribution in [0.3, 0.4) is 0 Å². The predicted octanol–water partition coefficient (Wildman–Crippen LogP) is 2.91. The Labute approximate surface area is 127 Å². The average Bonchev–Trinajstić information content (AvgIpc) is 2.47. The molecule has 3 N–H and O–H groups in total. The zero-order valence-corrected chi connectivity index (χ0v) is 14.1. The van der Waals surface area contributed by atoms with Crippen LogP contribution in [0.4, 0.5) is 5.69 Å². The molecule has 0 atom stereocenters. The molecule has 120 valence electrons. The first-order chi connectivity index (χ1) is 9.84. The molecule has 1 aromatic rings. The summed E-state index contributed by atoms with van der Waals surface area (Å²) >= 11 is 0. The van der Waals surface area contributed by atoms with Crippen LogP contribution in [0.15, 0.2) is 23.1 Å². The molecule has 1 rings (SSSR count). The predicted molar refractivity (Wildman–Crippen MR) is 85.9 cm³/mol. The molecule has 0 radical (unpaired) electrons. The molecule has 0 aliphatic carbocycles. The summed E-state index contributed by atoms with van der Waals surface area (Å²) < 4.78 is 33.7. The third-order valence-corrected chi connectivity index (χ3v) is 5.54. The van der Waals surface area contributed by atoms with Crippen LogP contribution < -0.4 is 15.2 Å². The van der Waals surface area contributed by atoms with Gasteiger partial charge in [0.25, 0.3) is 0 Å². The lowest BCUT2D eigenvalue weighted by Crippen LogP contribution is -2.47. The second-order valence-electron chi connectivity index (χ2n) is 5.09. The van der Waals surface area contributed by atoms with E-state index >= 15 is 0 Å². The number of sulfonamides is 1. The number of nitrogens with one attached hydrogen (secondary N) is 1. The van der Waals surface area contributed by atoms with Gasteiger partial charge in [-0.3, -0.25) is 0 Å². The van der Waals surface area contributed by atoms with Crippen LogP contribution in [-0.4, -0.2) is 20.6 Å². The smallest absolute Gasteiger partial charge is 0.244 e. The molecule has 0 aromatic heterocycles. The SMILES string of the molecule is CCOc1ccc(N)cc1S(=O)(=O)NC(CC)(CC)CC. The highest BCUT2D eigenvalue weighted by Crippen LogP contribution is 2.29. The van der Waals surface area contributed by atoms with E-state index in [0.717, 1.165) is 19.3 Å². The lowest BCUT2D eigenvalue weighted by molar-refractivity contribution is 0.326. The summed E-state index contributed by atoms with van der Waals surface area (Å²) in [5.74, 6) is 0.330. The lowest BCUT2D eigenvalue weighted by atomic mass is 9.91. The summed E-state index contributed by atoms with van der Waals surface area (Å²) in [6.45, 7) is 8.16. The van der Waals surface area contributed by atoms with Crippen molar-refractivity contribution in [3.63, 3.8) is 0 Å². The Morgan fingerprint density at radius 3 is 2.19 bits per heavy atom. The van der Waals surface area contributed by atoms with Crippen LogP contribution in [0.1, 0.15) is 47.0 Å². The molecule has 0 aliphatic rings. The Kier molecular flexibility index (Phi) is 6.04. The number of nitrogen functional groups attached to an aromatic ring is 1. The van der Waals surface area contributed by atoms with E-state index in [1.807, 2.05) is 27.7 Å². The van der Waals surface area contributed by atoms with Gasteiger partial charge in [-0.05, 0) is 44.4 Å². The van der Waals surface area contributed by atoms with Crippen molar-refractivity contribution in [1.82, 2.24) is 4.72 Å². The van der Waals surface area contributed by atoms with E-state index in [0.29, 0.717) is 18.0 Å². The number of nitrogens with two attached hydrogens (primary N) is 1. The van der Waals surface area contributed by atoms with Gasteiger partial charge in [0.2, 0.25) is 10.0 Å². The minimum absolute atomic E-state index is 0.101. The molecule has 5 nitrogen and oxygen atoms in total. The van der Waals surface area contributed by atoms with Crippen LogP contribution in [0.25, 0.3) is 0 Å². The summed E-state index contributed by atoms with van der Waals surface area (Å²) in [5.41, 5.74) is 5.69. The van der Waals surface area contributed by atoms with E-state index in [2.05, 4.69) is 4.72 Å². The van der Waals surface area contributed by atoms with Gasteiger partial charge in [-0.2, -0.15) is 0 Å². The second-order valence-corrected chi connectivity index (χ2v) is 6.74. The van der Waals surface area contributed by atoms with Crippen molar-refractivity contribution in [3.8, 4) is 5.75 Å². The van der Waals surface area contributed by atoms with Gasteiger partial charge in [0.05, 0.1) is 6.61 Å². The highest BCUT2D eigenvalue weighted by atomic mass is 32.2. The van der Waals surface area contributed by atoms with Crippen molar-refractivity contribution in [3.05, 3.63) is 18.2 Å². The maximum Gasteiger partial charge on any atom is 0.244 e. The maximum absolute atomic E-state index is 12.7. The van der Waals surface area contributed by atoms with E-state index in [1.54, 1.807) is 12.1 Å². The number of anilines is 1. The number of benzene rings is 1. The maximum atomic E-state index is 12.7. The van der Waals surface area contributed by atoms with Crippen LogP contribution in [-0.2, 0) is 10.0 Å². The topological polar surface area (TPSA) is 81.4 Å². The number of hydrogen-bond acceptors (Lipinski definition) is 4. The molecule has 1 aromatic carbocycles. The van der Waals surface area contributed by atoms with E-state index < -0.39 is 15.6 Å². The Balaban J connectivity index is 3.27. The second kappa shape index (κ2) is 7.13. The minimum Gasteiger partial charge on any atom is -0.492 e. The van der Waals surface area contributed by atoms with Crippen molar-refractivity contribution in [2.45, 2.75) is 57.4 Å². The van der Waals surface area contributed by atoms with Gasteiger partial charge < -0.3 is 10.5 Å². The molecule has 0 fully saturated rings. The van der Waals surface area contributed by atoms with Crippen molar-refractivity contribution >= 4 is 15.7 Å². The molecule has 0 aliphatic heterocycles. The fourth-order valence-electron chi connectivity index (χ4n) is 2.32. The first-order valence-corrected chi connectivity index (χ1v) is 8.88. The van der Waals surface area contributed by atoms with Gasteiger partial charge in [0.15, 0.2) is 0 Å². The third kappa shape index (κ3) is 4.11. The fraction of sp³-hybridized carbons (Fsp3) is 0.600. The standard InChI is InChI=1S/C15H26N2O3S/c1-5-15(6-2,7-3)17-21(18,19)14-11-12(16)9-10-13(14)20-8-4/h9-11,17H,5-8,16H2,1-4H3. The Bertz CT molecular complexity index is 558. The average molecular weight is 314 g/mol. The van der Waals surface area contributed by atoms with E-state index in [-0.39, 0.29) is 4.90 Å². The Morgan fingerprint density at radius 2 is 1.71 bits per heavy atom.